The Morgan fingerprint density at radius 2 is 2.36 bits per heavy atom. The fourth-order valence-electron chi connectivity index (χ4n) is 1.06. The molecule has 2 amide bonds. The summed E-state index contributed by atoms with van der Waals surface area (Å²) in [5, 5.41) is 5.37. The molecule has 2 N–H and O–H groups in total. The molecule has 0 aliphatic carbocycles. The van der Waals surface area contributed by atoms with Crippen molar-refractivity contribution in [3.05, 3.63) is 0 Å². The van der Waals surface area contributed by atoms with E-state index in [2.05, 4.69) is 15.6 Å². The Morgan fingerprint density at radius 1 is 1.71 bits per heavy atom. The molecule has 6 heteroatoms. The Hall–Kier alpha value is -1.43. The van der Waals surface area contributed by atoms with Crippen LogP contribution in [0.4, 0.5) is 0 Å². The first-order valence-electron chi connectivity index (χ1n) is 4.33. The van der Waals surface area contributed by atoms with Gasteiger partial charge in [0.25, 0.3) is 0 Å². The summed E-state index contributed by atoms with van der Waals surface area (Å²) < 4.78 is 0. The summed E-state index contributed by atoms with van der Waals surface area (Å²) in [6, 6.07) is -0.306. The number of rotatable bonds is 1. The lowest BCUT2D eigenvalue weighted by molar-refractivity contribution is -0.124. The van der Waals surface area contributed by atoms with E-state index in [1.807, 2.05) is 0 Å². The predicted molar refractivity (Wildman–Crippen MR) is 51.7 cm³/mol. The number of carbonyl (C=O) groups is 2. The number of nitrogens with one attached hydrogen (secondary N) is 2. The molecule has 0 fully saturated rings. The van der Waals surface area contributed by atoms with Crippen LogP contribution < -0.4 is 10.6 Å². The van der Waals surface area contributed by atoms with Crippen LogP contribution in [-0.4, -0.2) is 49.4 Å². The van der Waals surface area contributed by atoms with Gasteiger partial charge >= 0.3 is 0 Å². The van der Waals surface area contributed by atoms with Gasteiger partial charge in [-0.2, -0.15) is 0 Å². The second-order valence-electron chi connectivity index (χ2n) is 3.07. The summed E-state index contributed by atoms with van der Waals surface area (Å²) in [7, 11) is 3.26. The molecule has 0 aromatic rings. The molecule has 1 aliphatic heterocycles. The first-order chi connectivity index (χ1) is 6.56. The zero-order valence-electron chi connectivity index (χ0n) is 8.50. The largest absolute Gasteiger partial charge is 0.307 e. The maximum atomic E-state index is 11.4. The van der Waals surface area contributed by atoms with Gasteiger partial charge in [-0.05, 0) is 7.05 Å². The van der Waals surface area contributed by atoms with Gasteiger partial charge in [0, 0.05) is 14.0 Å². The van der Waals surface area contributed by atoms with Crippen molar-refractivity contribution in [2.75, 3.05) is 20.6 Å². The summed E-state index contributed by atoms with van der Waals surface area (Å²) in [5.74, 6) is -0.00782. The van der Waals surface area contributed by atoms with Crippen LogP contribution in [-0.2, 0) is 9.59 Å². The van der Waals surface area contributed by atoms with Crippen LogP contribution in [0.25, 0.3) is 0 Å². The summed E-state index contributed by atoms with van der Waals surface area (Å²) >= 11 is 0. The lowest BCUT2D eigenvalue weighted by Gasteiger charge is -2.25. The number of nitrogens with zero attached hydrogens (tertiary/aromatic N) is 2. The van der Waals surface area contributed by atoms with E-state index in [9.17, 15) is 9.59 Å². The summed E-state index contributed by atoms with van der Waals surface area (Å²) in [5.41, 5.74) is 0. The highest BCUT2D eigenvalue weighted by atomic mass is 16.2. The number of hydrogen-bond acceptors (Lipinski definition) is 4. The third kappa shape index (κ3) is 2.08. The van der Waals surface area contributed by atoms with Gasteiger partial charge in [-0.3, -0.25) is 24.8 Å². The molecule has 0 saturated carbocycles. The van der Waals surface area contributed by atoms with Crippen LogP contribution in [0.3, 0.4) is 0 Å². The maximum Gasteiger partial charge on any atom is 0.245 e. The van der Waals surface area contributed by atoms with Crippen LogP contribution in [0, 0.1) is 0 Å². The van der Waals surface area contributed by atoms with Gasteiger partial charge in [-0.1, -0.05) is 0 Å². The Labute approximate surface area is 82.4 Å². The van der Waals surface area contributed by atoms with E-state index >= 15 is 0 Å². The first kappa shape index (κ1) is 10.6. The summed E-state index contributed by atoms with van der Waals surface area (Å²) in [4.78, 5) is 27.7. The highest BCUT2D eigenvalue weighted by Gasteiger charge is 2.24. The minimum absolute atomic E-state index is 0.160. The van der Waals surface area contributed by atoms with Crippen molar-refractivity contribution in [1.29, 1.82) is 0 Å². The Morgan fingerprint density at radius 3 is 2.79 bits per heavy atom. The van der Waals surface area contributed by atoms with Gasteiger partial charge < -0.3 is 5.32 Å². The molecule has 0 aromatic heterocycles. The van der Waals surface area contributed by atoms with E-state index < -0.39 is 0 Å². The van der Waals surface area contributed by atoms with Crippen molar-refractivity contribution in [2.45, 2.75) is 13.0 Å². The van der Waals surface area contributed by atoms with E-state index in [1.54, 1.807) is 14.1 Å². The van der Waals surface area contributed by atoms with Gasteiger partial charge in [0.2, 0.25) is 17.8 Å². The lowest BCUT2D eigenvalue weighted by atomic mass is 10.2. The van der Waals surface area contributed by atoms with E-state index in [0.717, 1.165) is 0 Å². The van der Waals surface area contributed by atoms with E-state index in [-0.39, 0.29) is 17.9 Å². The summed E-state index contributed by atoms with van der Waals surface area (Å²) in [6.45, 7) is 1.77. The molecule has 0 bridgehead atoms. The first-order valence-corrected chi connectivity index (χ1v) is 4.33. The van der Waals surface area contributed by atoms with E-state index in [4.69, 9.17) is 0 Å². The second kappa shape index (κ2) is 4.19. The van der Waals surface area contributed by atoms with E-state index in [1.165, 1.54) is 11.8 Å². The normalized spacial score (nSPS) is 21.2. The third-order valence-electron chi connectivity index (χ3n) is 2.11. The van der Waals surface area contributed by atoms with Crippen molar-refractivity contribution in [1.82, 2.24) is 15.5 Å². The zero-order chi connectivity index (χ0) is 10.7. The second-order valence-corrected chi connectivity index (χ2v) is 3.07. The van der Waals surface area contributed by atoms with Gasteiger partial charge in [-0.25, -0.2) is 0 Å². The van der Waals surface area contributed by atoms with Crippen LogP contribution >= 0.6 is 0 Å². The fourth-order valence-corrected chi connectivity index (χ4v) is 1.06. The van der Waals surface area contributed by atoms with Crippen LogP contribution in [0.1, 0.15) is 6.92 Å². The smallest absolute Gasteiger partial charge is 0.245 e. The number of likely N-dealkylation sites (N-methyl/N-ethyl adjacent to an activating group) is 1. The predicted octanol–water partition coefficient (Wildman–Crippen LogP) is -1.46. The van der Waals surface area contributed by atoms with Crippen LogP contribution in [0.15, 0.2) is 4.99 Å². The fraction of sp³-hybridized carbons (Fsp3) is 0.625. The van der Waals surface area contributed by atoms with Crippen LogP contribution in [0.2, 0.25) is 0 Å². The number of amides is 2. The topological polar surface area (TPSA) is 73.8 Å². The van der Waals surface area contributed by atoms with Gasteiger partial charge in [0.05, 0.1) is 6.54 Å². The maximum absolute atomic E-state index is 11.4. The molecule has 78 valence electrons. The van der Waals surface area contributed by atoms with Crippen molar-refractivity contribution >= 4 is 17.8 Å². The Balaban J connectivity index is 2.71. The van der Waals surface area contributed by atoms with Crippen molar-refractivity contribution in [3.8, 4) is 0 Å². The Bertz CT molecular complexity index is 287. The zero-order valence-corrected chi connectivity index (χ0v) is 8.50. The molecule has 0 saturated heterocycles. The van der Waals surface area contributed by atoms with Crippen LogP contribution in [0.5, 0.6) is 0 Å². The average Bonchev–Trinajstić information content (AvgIpc) is 2.16. The number of carbonyl (C=O) groups excluding carboxylic acids is 2. The number of aliphatic imine (C=N–C) groups is 1. The number of hydrogen-bond donors (Lipinski definition) is 2. The molecule has 1 atom stereocenters. The lowest BCUT2D eigenvalue weighted by Crippen LogP contribution is -2.55. The van der Waals surface area contributed by atoms with Gasteiger partial charge in [0.1, 0.15) is 6.04 Å². The molecule has 1 rings (SSSR count). The van der Waals surface area contributed by atoms with Gasteiger partial charge in [0.15, 0.2) is 0 Å². The van der Waals surface area contributed by atoms with E-state index in [0.29, 0.717) is 12.5 Å². The molecule has 0 radical (unpaired) electrons. The molecule has 1 unspecified atom stereocenters. The van der Waals surface area contributed by atoms with Crippen molar-refractivity contribution < 1.29 is 9.59 Å². The summed E-state index contributed by atoms with van der Waals surface area (Å²) in [6.07, 6.45) is 0. The average molecular weight is 198 g/mol. The monoisotopic (exact) mass is 198 g/mol. The quantitative estimate of drug-likeness (QED) is 0.540. The van der Waals surface area contributed by atoms with Crippen molar-refractivity contribution in [3.63, 3.8) is 0 Å². The molecular formula is C8H14N4O2. The van der Waals surface area contributed by atoms with Gasteiger partial charge in [-0.15, -0.1) is 0 Å². The molecule has 1 aliphatic rings. The Kier molecular flexibility index (Phi) is 3.19. The SMILES string of the molecule is CNC1CN=C(N(C)C(C)=O)NC1=O. The molecule has 1 heterocycles. The molecular weight excluding hydrogens is 184 g/mol. The number of guanidine groups is 1. The highest BCUT2D eigenvalue weighted by molar-refractivity contribution is 6.06. The standard InChI is InChI=1S/C8H14N4O2/c1-5(13)12(3)8-10-4-6(9-2)7(14)11-8/h6,9H,4H2,1-3H3,(H,10,11,14). The molecule has 14 heavy (non-hydrogen) atoms. The third-order valence-corrected chi connectivity index (χ3v) is 2.11. The molecule has 0 spiro atoms. The molecule has 0 aromatic carbocycles. The molecule has 6 nitrogen and oxygen atoms in total. The minimum atomic E-state index is -0.306. The minimum Gasteiger partial charge on any atom is -0.307 e. The highest BCUT2D eigenvalue weighted by Crippen LogP contribution is 1.96. The van der Waals surface area contributed by atoms with Crippen molar-refractivity contribution in [2.24, 2.45) is 4.99 Å².